The summed E-state index contributed by atoms with van der Waals surface area (Å²) in [5.74, 6) is 0. The van der Waals surface area contributed by atoms with Crippen molar-refractivity contribution < 1.29 is 27.5 Å². The van der Waals surface area contributed by atoms with Gasteiger partial charge in [0.2, 0.25) is 0 Å². The van der Waals surface area contributed by atoms with Gasteiger partial charge < -0.3 is 15.3 Å². The molecule has 61 heavy (non-hydrogen) atoms. The Morgan fingerprint density at radius 2 is 0.361 bits per heavy atom. The van der Waals surface area contributed by atoms with Gasteiger partial charge in [0.25, 0.3) is 0 Å². The smallest absolute Gasteiger partial charge is 0.356 e. The summed E-state index contributed by atoms with van der Waals surface area (Å²) in [6.45, 7) is 0. The van der Waals surface area contributed by atoms with Gasteiger partial charge >= 0.3 is 22.4 Å². The van der Waals surface area contributed by atoms with Gasteiger partial charge in [0.1, 0.15) is 0 Å². The minimum atomic E-state index is -1.75. The fourth-order valence-corrected chi connectivity index (χ4v) is 17.6. The standard InChI is InChI=1S/2C26H24P2.Ag.NO3/c2*1-5-13-23(14-6-1)27(24-15-7-2-8-16-24)21-22-28(25-17-9-3-10-18-25)26-19-11-4-12-20-26;;2-1(3)4/h2*1-20H,21-22H2;;/q;;+1;-1. The fourth-order valence-electron chi connectivity index (χ4n) is 6.89. The Bertz CT molecular complexity index is 1880. The van der Waals surface area contributed by atoms with Crippen molar-refractivity contribution >= 4 is 74.1 Å². The van der Waals surface area contributed by atoms with E-state index in [-0.39, 0.29) is 54.1 Å². The van der Waals surface area contributed by atoms with E-state index in [9.17, 15) is 0 Å². The first-order chi connectivity index (χ1) is 29.6. The third-order valence-corrected chi connectivity index (χ3v) is 20.4. The molecule has 0 atom stereocenters. The van der Waals surface area contributed by atoms with Crippen LogP contribution in [0.4, 0.5) is 0 Å². The predicted molar refractivity (Wildman–Crippen MR) is 266 cm³/mol. The molecule has 9 heteroatoms. The van der Waals surface area contributed by atoms with Crippen molar-refractivity contribution in [1.82, 2.24) is 0 Å². The third kappa shape index (κ3) is 15.4. The molecule has 0 spiro atoms. The molecule has 0 N–H and O–H groups in total. The molecule has 0 aliphatic carbocycles. The third-order valence-electron chi connectivity index (χ3n) is 9.64. The monoisotopic (exact) mass is 965 g/mol. The van der Waals surface area contributed by atoms with Crippen LogP contribution in [0, 0.1) is 15.3 Å². The maximum atomic E-state index is 8.25. The Morgan fingerprint density at radius 3 is 0.459 bits per heavy atom. The summed E-state index contributed by atoms with van der Waals surface area (Å²) in [4.78, 5) is 8.25. The van der Waals surface area contributed by atoms with Crippen molar-refractivity contribution in [2.75, 3.05) is 24.6 Å². The zero-order chi connectivity index (χ0) is 41.6. The largest absolute Gasteiger partial charge is 1.00 e. The van der Waals surface area contributed by atoms with Crippen molar-refractivity contribution in [3.05, 3.63) is 258 Å². The first-order valence-electron chi connectivity index (χ1n) is 19.9. The van der Waals surface area contributed by atoms with E-state index >= 15 is 0 Å². The second-order valence-corrected chi connectivity index (χ2v) is 22.9. The Labute approximate surface area is 381 Å². The summed E-state index contributed by atoms with van der Waals surface area (Å²) in [5.41, 5.74) is 0. The number of rotatable bonds is 14. The Hall–Kier alpha value is -4.58. The number of nitrogens with zero attached hydrogens (tertiary/aromatic N) is 1. The van der Waals surface area contributed by atoms with Crippen molar-refractivity contribution in [2.45, 2.75) is 0 Å². The van der Waals surface area contributed by atoms with Crippen LogP contribution in [0.2, 0.25) is 0 Å². The van der Waals surface area contributed by atoms with Crippen molar-refractivity contribution in [2.24, 2.45) is 0 Å². The molecule has 0 amide bonds. The van der Waals surface area contributed by atoms with Crippen LogP contribution in [-0.4, -0.2) is 29.7 Å². The second-order valence-electron chi connectivity index (χ2n) is 13.5. The van der Waals surface area contributed by atoms with Gasteiger partial charge in [-0.3, -0.25) is 0 Å². The zero-order valence-corrected chi connectivity index (χ0v) is 38.7. The molecule has 4 nitrogen and oxygen atoms in total. The molecule has 8 rings (SSSR count). The summed E-state index contributed by atoms with van der Waals surface area (Å²) >= 11 is 0. The van der Waals surface area contributed by atoms with Crippen LogP contribution in [0.5, 0.6) is 0 Å². The molecule has 8 aromatic carbocycles. The van der Waals surface area contributed by atoms with Crippen LogP contribution in [0.3, 0.4) is 0 Å². The normalized spacial score (nSPS) is 10.6. The van der Waals surface area contributed by atoms with Crippen LogP contribution in [0.25, 0.3) is 0 Å². The van der Waals surface area contributed by atoms with Crippen LogP contribution in [0.1, 0.15) is 0 Å². The van der Waals surface area contributed by atoms with Crippen molar-refractivity contribution in [3.63, 3.8) is 0 Å². The maximum absolute atomic E-state index is 8.25. The summed E-state index contributed by atoms with van der Waals surface area (Å²) in [6, 6.07) is 88.4. The molecule has 0 radical (unpaired) electrons. The van der Waals surface area contributed by atoms with Crippen LogP contribution >= 0.6 is 31.7 Å². The molecule has 0 saturated heterocycles. The van der Waals surface area contributed by atoms with Gasteiger partial charge in [0, 0.05) is 0 Å². The quantitative estimate of drug-likeness (QED) is 0.0472. The minimum absolute atomic E-state index is 0. The molecular weight excluding hydrogens is 918 g/mol. The van der Waals surface area contributed by atoms with Crippen molar-refractivity contribution in [1.29, 1.82) is 0 Å². The molecule has 0 aromatic heterocycles. The minimum Gasteiger partial charge on any atom is -0.356 e. The topological polar surface area (TPSA) is 66.2 Å². The molecule has 0 heterocycles. The number of hydrogen-bond donors (Lipinski definition) is 0. The zero-order valence-electron chi connectivity index (χ0n) is 33.7. The SMILES string of the molecule is O=[N+]([O-])[O-].[Ag+].c1ccc(P(CCP(c2ccccc2)c2ccccc2)c2ccccc2)cc1.c1ccc(P(CCP(c2ccccc2)c2ccccc2)c2ccccc2)cc1. The molecule has 8 aromatic rings. The molecule has 310 valence electrons. The van der Waals surface area contributed by atoms with Gasteiger partial charge in [0.15, 0.2) is 0 Å². The molecule has 0 aliphatic rings. The van der Waals surface area contributed by atoms with Crippen LogP contribution < -0.4 is 42.4 Å². The Morgan fingerprint density at radius 1 is 0.262 bits per heavy atom. The first kappa shape index (κ1) is 47.5. The van der Waals surface area contributed by atoms with E-state index in [1.54, 1.807) is 0 Å². The molecule has 0 aliphatic heterocycles. The molecule has 0 fully saturated rings. The van der Waals surface area contributed by atoms with E-state index in [2.05, 4.69) is 243 Å². The van der Waals surface area contributed by atoms with E-state index in [0.29, 0.717) is 0 Å². The average molecular weight is 967 g/mol. The molecule has 0 unspecified atom stereocenters. The van der Waals surface area contributed by atoms with E-state index < -0.39 is 5.09 Å². The van der Waals surface area contributed by atoms with E-state index in [1.165, 1.54) is 67.1 Å². The molecular formula is C52H48AgNO3P4. The van der Waals surface area contributed by atoms with Gasteiger partial charge in [-0.2, -0.15) is 0 Å². The predicted octanol–water partition coefficient (Wildman–Crippen LogP) is 10.3. The van der Waals surface area contributed by atoms with Gasteiger partial charge in [-0.05, 0) is 98.8 Å². The number of benzene rings is 8. The Kier molecular flexibility index (Phi) is 20.8. The van der Waals surface area contributed by atoms with E-state index in [1.807, 2.05) is 0 Å². The summed E-state index contributed by atoms with van der Waals surface area (Å²) < 4.78 is 0. The van der Waals surface area contributed by atoms with Gasteiger partial charge in [-0.1, -0.05) is 243 Å². The van der Waals surface area contributed by atoms with Gasteiger partial charge in [-0.25, -0.2) is 0 Å². The van der Waals surface area contributed by atoms with Gasteiger partial charge in [0.05, 0.1) is 5.09 Å². The maximum Gasteiger partial charge on any atom is 1.00 e. The van der Waals surface area contributed by atoms with Crippen LogP contribution in [-0.2, 0) is 22.4 Å². The molecule has 0 saturated carbocycles. The van der Waals surface area contributed by atoms with E-state index in [0.717, 1.165) is 0 Å². The Balaban J connectivity index is 0.000000209. The van der Waals surface area contributed by atoms with Crippen molar-refractivity contribution in [3.8, 4) is 0 Å². The van der Waals surface area contributed by atoms with Gasteiger partial charge in [-0.15, -0.1) is 0 Å². The van der Waals surface area contributed by atoms with Crippen LogP contribution in [0.15, 0.2) is 243 Å². The summed E-state index contributed by atoms with van der Waals surface area (Å²) in [7, 11) is -1.39. The fraction of sp³-hybridized carbons (Fsp3) is 0.0769. The summed E-state index contributed by atoms with van der Waals surface area (Å²) in [5, 5.41) is 26.5. The average Bonchev–Trinajstić information content (AvgIpc) is 3.32. The van der Waals surface area contributed by atoms with E-state index in [4.69, 9.17) is 15.3 Å². The number of hydrogen-bond acceptors (Lipinski definition) is 3. The second kappa shape index (κ2) is 26.7. The first-order valence-corrected chi connectivity index (χ1v) is 26.0. The molecule has 0 bridgehead atoms. The summed E-state index contributed by atoms with van der Waals surface area (Å²) in [6.07, 6.45) is 4.83.